The van der Waals surface area contributed by atoms with Crippen LogP contribution in [0.25, 0.3) is 0 Å². The van der Waals surface area contributed by atoms with E-state index in [-0.39, 0.29) is 5.91 Å². The van der Waals surface area contributed by atoms with E-state index < -0.39 is 0 Å². The topological polar surface area (TPSA) is 93.0 Å². The highest BCUT2D eigenvalue weighted by Gasteiger charge is 2.02. The maximum absolute atomic E-state index is 11.6. The zero-order chi connectivity index (χ0) is 14.2. The van der Waals surface area contributed by atoms with Crippen LogP contribution in [0.5, 0.6) is 5.75 Å². The molecule has 0 aliphatic carbocycles. The molecule has 1 aromatic heterocycles. The predicted octanol–water partition coefficient (Wildman–Crippen LogP) is 1.12. The number of ether oxygens (including phenoxy) is 1. The Morgan fingerprint density at radius 1 is 1.45 bits per heavy atom. The van der Waals surface area contributed by atoms with Crippen LogP contribution in [0.3, 0.4) is 0 Å². The number of aromatic amines is 1. The number of amides is 1. The van der Waals surface area contributed by atoms with Crippen LogP contribution >= 0.6 is 0 Å². The summed E-state index contributed by atoms with van der Waals surface area (Å²) in [6.45, 7) is 0.915. The number of nitrogens with zero attached hydrogens (tertiary/aromatic N) is 1. The van der Waals surface area contributed by atoms with Crippen molar-refractivity contribution in [3.05, 3.63) is 42.5 Å². The number of imidazole rings is 1. The molecule has 2 aromatic rings. The van der Waals surface area contributed by atoms with Crippen molar-refractivity contribution in [3.63, 3.8) is 0 Å². The van der Waals surface area contributed by atoms with Gasteiger partial charge in [-0.3, -0.25) is 4.79 Å². The quantitative estimate of drug-likeness (QED) is 0.660. The number of benzene rings is 1. The van der Waals surface area contributed by atoms with Crippen LogP contribution in [0.15, 0.2) is 36.8 Å². The van der Waals surface area contributed by atoms with Crippen molar-refractivity contribution in [2.75, 3.05) is 18.9 Å². The molecular formula is C14H18N4O2. The Morgan fingerprint density at radius 2 is 2.35 bits per heavy atom. The Kier molecular flexibility index (Phi) is 5.00. The van der Waals surface area contributed by atoms with E-state index >= 15 is 0 Å². The van der Waals surface area contributed by atoms with E-state index in [0.717, 1.165) is 12.1 Å². The van der Waals surface area contributed by atoms with Gasteiger partial charge in [0.05, 0.1) is 19.4 Å². The highest BCUT2D eigenvalue weighted by atomic mass is 16.5. The number of hydrogen-bond donors (Lipinski definition) is 3. The summed E-state index contributed by atoms with van der Waals surface area (Å²) in [5.41, 5.74) is 7.28. The van der Waals surface area contributed by atoms with Gasteiger partial charge in [0.15, 0.2) is 0 Å². The summed E-state index contributed by atoms with van der Waals surface area (Å²) in [5, 5.41) is 2.83. The zero-order valence-corrected chi connectivity index (χ0v) is 11.1. The first-order valence-electron chi connectivity index (χ1n) is 6.46. The van der Waals surface area contributed by atoms with Crippen molar-refractivity contribution in [2.24, 2.45) is 0 Å². The zero-order valence-electron chi connectivity index (χ0n) is 11.1. The Morgan fingerprint density at radius 3 is 3.10 bits per heavy atom. The van der Waals surface area contributed by atoms with E-state index in [0.29, 0.717) is 31.0 Å². The minimum Gasteiger partial charge on any atom is -0.493 e. The molecule has 0 radical (unpaired) electrons. The minimum absolute atomic E-state index is 0.0339. The molecule has 106 valence electrons. The van der Waals surface area contributed by atoms with Gasteiger partial charge in [0.1, 0.15) is 5.75 Å². The van der Waals surface area contributed by atoms with E-state index in [2.05, 4.69) is 15.3 Å². The molecule has 0 unspecified atom stereocenters. The third-order valence-corrected chi connectivity index (χ3v) is 2.73. The predicted molar refractivity (Wildman–Crippen MR) is 76.3 cm³/mol. The maximum atomic E-state index is 11.6. The number of carbonyl (C=O) groups excluding carboxylic acids is 1. The van der Waals surface area contributed by atoms with Crippen molar-refractivity contribution < 1.29 is 9.53 Å². The van der Waals surface area contributed by atoms with E-state index in [9.17, 15) is 4.79 Å². The third-order valence-electron chi connectivity index (χ3n) is 2.73. The fraction of sp³-hybridized carbons (Fsp3) is 0.286. The lowest BCUT2D eigenvalue weighted by molar-refractivity contribution is -0.121. The largest absolute Gasteiger partial charge is 0.493 e. The highest BCUT2D eigenvalue weighted by molar-refractivity contribution is 5.75. The van der Waals surface area contributed by atoms with Crippen LogP contribution in [-0.4, -0.2) is 29.0 Å². The van der Waals surface area contributed by atoms with Crippen LogP contribution in [0.2, 0.25) is 0 Å². The van der Waals surface area contributed by atoms with Crippen molar-refractivity contribution in [1.29, 1.82) is 0 Å². The molecule has 0 saturated carbocycles. The molecule has 6 nitrogen and oxygen atoms in total. The average Bonchev–Trinajstić information content (AvgIpc) is 2.92. The Hall–Kier alpha value is -2.50. The number of aromatic nitrogens is 2. The second-order valence-corrected chi connectivity index (χ2v) is 4.35. The number of carbonyl (C=O) groups is 1. The monoisotopic (exact) mass is 274 g/mol. The second-order valence-electron chi connectivity index (χ2n) is 4.35. The Bertz CT molecular complexity index is 540. The van der Waals surface area contributed by atoms with Crippen molar-refractivity contribution >= 4 is 11.6 Å². The van der Waals surface area contributed by atoms with Gasteiger partial charge in [-0.15, -0.1) is 0 Å². The van der Waals surface area contributed by atoms with E-state index in [1.54, 1.807) is 24.7 Å². The SMILES string of the molecule is Nc1cccc(OCCC(=O)NCCc2cnc[nH]2)c1. The van der Waals surface area contributed by atoms with Gasteiger partial charge in [-0.05, 0) is 12.1 Å². The van der Waals surface area contributed by atoms with Gasteiger partial charge in [0, 0.05) is 36.6 Å². The molecule has 0 aliphatic rings. The van der Waals surface area contributed by atoms with Crippen LogP contribution < -0.4 is 15.8 Å². The van der Waals surface area contributed by atoms with Crippen molar-refractivity contribution in [2.45, 2.75) is 12.8 Å². The summed E-state index contributed by atoms with van der Waals surface area (Å²) in [6.07, 6.45) is 4.42. The second kappa shape index (κ2) is 7.18. The lowest BCUT2D eigenvalue weighted by atomic mass is 10.3. The summed E-state index contributed by atoms with van der Waals surface area (Å²) in [6, 6.07) is 7.15. The Balaban J connectivity index is 1.60. The fourth-order valence-electron chi connectivity index (χ4n) is 1.71. The van der Waals surface area contributed by atoms with E-state index in [4.69, 9.17) is 10.5 Å². The van der Waals surface area contributed by atoms with Crippen LogP contribution in [0.1, 0.15) is 12.1 Å². The van der Waals surface area contributed by atoms with Gasteiger partial charge < -0.3 is 20.8 Å². The summed E-state index contributed by atoms with van der Waals surface area (Å²) < 4.78 is 5.45. The highest BCUT2D eigenvalue weighted by Crippen LogP contribution is 2.14. The normalized spacial score (nSPS) is 10.2. The van der Waals surface area contributed by atoms with Crippen LogP contribution in [-0.2, 0) is 11.2 Å². The van der Waals surface area contributed by atoms with Gasteiger partial charge in [-0.25, -0.2) is 4.98 Å². The number of H-pyrrole nitrogens is 1. The summed E-state index contributed by atoms with van der Waals surface area (Å²) in [4.78, 5) is 18.5. The molecule has 6 heteroatoms. The first-order valence-corrected chi connectivity index (χ1v) is 6.46. The standard InChI is InChI=1S/C14H18N4O2/c15-11-2-1-3-13(8-11)20-7-5-14(19)17-6-4-12-9-16-10-18-12/h1-3,8-10H,4-7,15H2,(H,16,18)(H,17,19). The molecule has 0 atom stereocenters. The van der Waals surface area contributed by atoms with Gasteiger partial charge in [-0.1, -0.05) is 6.07 Å². The fourth-order valence-corrected chi connectivity index (χ4v) is 1.71. The molecule has 20 heavy (non-hydrogen) atoms. The molecule has 0 bridgehead atoms. The number of nitrogen functional groups attached to an aromatic ring is 1. The number of anilines is 1. The number of rotatable bonds is 7. The van der Waals surface area contributed by atoms with Crippen LogP contribution in [0.4, 0.5) is 5.69 Å². The smallest absolute Gasteiger partial charge is 0.223 e. The van der Waals surface area contributed by atoms with E-state index in [1.807, 2.05) is 12.1 Å². The molecule has 0 spiro atoms. The van der Waals surface area contributed by atoms with Crippen molar-refractivity contribution in [1.82, 2.24) is 15.3 Å². The molecular weight excluding hydrogens is 256 g/mol. The van der Waals surface area contributed by atoms with Gasteiger partial charge in [0.25, 0.3) is 0 Å². The molecule has 4 N–H and O–H groups in total. The molecule has 1 amide bonds. The molecule has 0 saturated heterocycles. The lowest BCUT2D eigenvalue weighted by Gasteiger charge is -2.07. The summed E-state index contributed by atoms with van der Waals surface area (Å²) >= 11 is 0. The lowest BCUT2D eigenvalue weighted by Crippen LogP contribution is -2.27. The third kappa shape index (κ3) is 4.64. The molecule has 0 aliphatic heterocycles. The number of nitrogens with one attached hydrogen (secondary N) is 2. The minimum atomic E-state index is -0.0339. The molecule has 1 heterocycles. The summed E-state index contributed by atoms with van der Waals surface area (Å²) in [7, 11) is 0. The summed E-state index contributed by atoms with van der Waals surface area (Å²) in [5.74, 6) is 0.642. The van der Waals surface area contributed by atoms with Crippen LogP contribution in [0, 0.1) is 0 Å². The number of nitrogens with two attached hydrogens (primary N) is 1. The maximum Gasteiger partial charge on any atom is 0.223 e. The van der Waals surface area contributed by atoms with Gasteiger partial charge in [0.2, 0.25) is 5.91 Å². The average molecular weight is 274 g/mol. The molecule has 1 aromatic carbocycles. The molecule has 2 rings (SSSR count). The van der Waals surface area contributed by atoms with Crippen molar-refractivity contribution in [3.8, 4) is 5.75 Å². The van der Waals surface area contributed by atoms with Gasteiger partial charge in [-0.2, -0.15) is 0 Å². The number of hydrogen-bond acceptors (Lipinski definition) is 4. The first-order chi connectivity index (χ1) is 9.74. The Labute approximate surface area is 117 Å². The van der Waals surface area contributed by atoms with E-state index in [1.165, 1.54) is 0 Å². The first kappa shape index (κ1) is 13.9. The molecule has 0 fully saturated rings. The van der Waals surface area contributed by atoms with Gasteiger partial charge >= 0.3 is 0 Å².